The Morgan fingerprint density at radius 3 is 2.46 bits per heavy atom. The van der Waals surface area contributed by atoms with Crippen molar-refractivity contribution in [3.63, 3.8) is 0 Å². The van der Waals surface area contributed by atoms with Gasteiger partial charge < -0.3 is 4.74 Å². The minimum absolute atomic E-state index is 0.0284. The van der Waals surface area contributed by atoms with Gasteiger partial charge in [0.15, 0.2) is 0 Å². The first-order valence-corrected chi connectivity index (χ1v) is 3.86. The van der Waals surface area contributed by atoms with Crippen molar-refractivity contribution in [1.29, 1.82) is 0 Å². The van der Waals surface area contributed by atoms with Gasteiger partial charge in [0, 0.05) is 16.8 Å². The van der Waals surface area contributed by atoms with Crippen molar-refractivity contribution in [1.82, 2.24) is 4.98 Å². The molecule has 1 rings (SSSR count). The molecule has 0 spiro atoms. The predicted molar refractivity (Wildman–Crippen MR) is 45.2 cm³/mol. The van der Waals surface area contributed by atoms with E-state index in [1.165, 1.54) is 13.3 Å². The van der Waals surface area contributed by atoms with Gasteiger partial charge in [-0.15, -0.1) is 0 Å². The van der Waals surface area contributed by atoms with Crippen molar-refractivity contribution >= 4 is 0 Å². The molecule has 0 aliphatic rings. The van der Waals surface area contributed by atoms with E-state index < -0.39 is 6.43 Å². The van der Waals surface area contributed by atoms with Crippen LogP contribution in [0.2, 0.25) is 0 Å². The van der Waals surface area contributed by atoms with E-state index >= 15 is 0 Å². The molecule has 0 unspecified atom stereocenters. The van der Waals surface area contributed by atoms with Crippen molar-refractivity contribution in [2.45, 2.75) is 20.3 Å². The zero-order chi connectivity index (χ0) is 10.0. The summed E-state index contributed by atoms with van der Waals surface area (Å²) in [7, 11) is 1.44. The normalized spacial score (nSPS) is 10.6. The number of halogens is 2. The van der Waals surface area contributed by atoms with E-state index in [9.17, 15) is 8.78 Å². The zero-order valence-electron chi connectivity index (χ0n) is 7.77. The Kier molecular flexibility index (Phi) is 2.80. The molecule has 2 nitrogen and oxygen atoms in total. The highest BCUT2D eigenvalue weighted by Crippen LogP contribution is 2.30. The molecule has 72 valence electrons. The minimum atomic E-state index is -2.50. The van der Waals surface area contributed by atoms with Gasteiger partial charge in [-0.05, 0) is 13.8 Å². The molecule has 0 aromatic carbocycles. The van der Waals surface area contributed by atoms with E-state index in [2.05, 4.69) is 4.98 Å². The van der Waals surface area contributed by atoms with Gasteiger partial charge in [0.2, 0.25) is 0 Å². The molecule has 0 saturated carbocycles. The Bertz CT molecular complexity index is 313. The SMILES string of the molecule is COc1cnc(C)c(C(F)F)c1C. The van der Waals surface area contributed by atoms with Gasteiger partial charge >= 0.3 is 0 Å². The average Bonchev–Trinajstić information content (AvgIpc) is 2.04. The van der Waals surface area contributed by atoms with E-state index in [0.717, 1.165) is 0 Å². The number of aryl methyl sites for hydroxylation is 1. The molecule has 0 bridgehead atoms. The van der Waals surface area contributed by atoms with Crippen LogP contribution < -0.4 is 4.74 Å². The second-order valence-electron chi connectivity index (χ2n) is 2.75. The Morgan fingerprint density at radius 1 is 1.38 bits per heavy atom. The van der Waals surface area contributed by atoms with E-state index in [-0.39, 0.29) is 5.56 Å². The van der Waals surface area contributed by atoms with Crippen molar-refractivity contribution in [2.24, 2.45) is 0 Å². The number of methoxy groups -OCH3 is 1. The quantitative estimate of drug-likeness (QED) is 0.710. The fourth-order valence-corrected chi connectivity index (χ4v) is 1.25. The lowest BCUT2D eigenvalue weighted by Crippen LogP contribution is -2.00. The number of aromatic nitrogens is 1. The monoisotopic (exact) mass is 187 g/mol. The van der Waals surface area contributed by atoms with Crippen LogP contribution in [0.5, 0.6) is 5.75 Å². The summed E-state index contributed by atoms with van der Waals surface area (Å²) in [6.45, 7) is 3.17. The maximum Gasteiger partial charge on any atom is 0.265 e. The Morgan fingerprint density at radius 2 is 2.00 bits per heavy atom. The molecule has 0 radical (unpaired) electrons. The summed E-state index contributed by atoms with van der Waals surface area (Å²) >= 11 is 0. The summed E-state index contributed by atoms with van der Waals surface area (Å²) in [5, 5.41) is 0. The van der Waals surface area contributed by atoms with Crippen molar-refractivity contribution < 1.29 is 13.5 Å². The van der Waals surface area contributed by atoms with E-state index in [0.29, 0.717) is 17.0 Å². The highest BCUT2D eigenvalue weighted by molar-refractivity contribution is 5.40. The molecule has 0 saturated heterocycles. The molecule has 0 amide bonds. The maximum absolute atomic E-state index is 12.5. The van der Waals surface area contributed by atoms with Gasteiger partial charge in [-0.25, -0.2) is 8.78 Å². The molecule has 1 heterocycles. The lowest BCUT2D eigenvalue weighted by molar-refractivity contribution is 0.148. The van der Waals surface area contributed by atoms with Crippen LogP contribution in [0.3, 0.4) is 0 Å². The van der Waals surface area contributed by atoms with E-state index in [4.69, 9.17) is 4.74 Å². The molecule has 0 fully saturated rings. The van der Waals surface area contributed by atoms with Gasteiger partial charge in [-0.2, -0.15) is 0 Å². The van der Waals surface area contributed by atoms with Crippen LogP contribution in [0.1, 0.15) is 23.2 Å². The highest BCUT2D eigenvalue weighted by atomic mass is 19.3. The molecule has 1 aromatic heterocycles. The van der Waals surface area contributed by atoms with Crippen LogP contribution in [0.15, 0.2) is 6.20 Å². The predicted octanol–water partition coefficient (Wildman–Crippen LogP) is 2.64. The number of pyridine rings is 1. The van der Waals surface area contributed by atoms with E-state index in [1.807, 2.05) is 0 Å². The Hall–Kier alpha value is -1.19. The first kappa shape index (κ1) is 9.89. The fraction of sp³-hybridized carbons (Fsp3) is 0.444. The topological polar surface area (TPSA) is 22.1 Å². The van der Waals surface area contributed by atoms with Crippen LogP contribution in [0.4, 0.5) is 8.78 Å². The second kappa shape index (κ2) is 3.68. The van der Waals surface area contributed by atoms with Crippen LogP contribution in [0.25, 0.3) is 0 Å². The van der Waals surface area contributed by atoms with Crippen molar-refractivity contribution in [3.05, 3.63) is 23.0 Å². The van der Waals surface area contributed by atoms with Crippen LogP contribution in [-0.2, 0) is 0 Å². The molecule has 13 heavy (non-hydrogen) atoms. The summed E-state index contributed by atoms with van der Waals surface area (Å²) in [5.74, 6) is 0.404. The second-order valence-corrected chi connectivity index (χ2v) is 2.75. The lowest BCUT2D eigenvalue weighted by Gasteiger charge is -2.11. The lowest BCUT2D eigenvalue weighted by atomic mass is 10.1. The average molecular weight is 187 g/mol. The summed E-state index contributed by atoms with van der Waals surface area (Å²) < 4.78 is 29.9. The molecule has 0 aliphatic carbocycles. The van der Waals surface area contributed by atoms with Crippen LogP contribution in [0, 0.1) is 13.8 Å². The first-order chi connectivity index (χ1) is 6.07. The summed E-state index contributed by atoms with van der Waals surface area (Å²) in [6.07, 6.45) is -1.04. The number of rotatable bonds is 2. The van der Waals surface area contributed by atoms with Gasteiger partial charge in [0.1, 0.15) is 5.75 Å². The van der Waals surface area contributed by atoms with Crippen LogP contribution in [-0.4, -0.2) is 12.1 Å². The summed E-state index contributed by atoms with van der Waals surface area (Å²) in [4.78, 5) is 3.83. The number of ether oxygens (including phenoxy) is 1. The van der Waals surface area contributed by atoms with Gasteiger partial charge in [0.05, 0.1) is 13.3 Å². The third-order valence-electron chi connectivity index (χ3n) is 1.98. The number of nitrogens with zero attached hydrogens (tertiary/aromatic N) is 1. The number of hydrogen-bond donors (Lipinski definition) is 0. The minimum Gasteiger partial charge on any atom is -0.495 e. The summed E-state index contributed by atoms with van der Waals surface area (Å²) in [5.41, 5.74) is 0.789. The Balaban J connectivity index is 3.30. The third kappa shape index (κ3) is 1.76. The highest BCUT2D eigenvalue weighted by Gasteiger charge is 2.17. The smallest absolute Gasteiger partial charge is 0.265 e. The molecule has 0 aliphatic heterocycles. The standard InChI is InChI=1S/C9H11F2NO/c1-5-7(13-3)4-12-6(2)8(5)9(10)11/h4,9H,1-3H3. The van der Waals surface area contributed by atoms with Crippen molar-refractivity contribution in [3.8, 4) is 5.75 Å². The molecule has 1 aromatic rings. The van der Waals surface area contributed by atoms with Gasteiger partial charge in [-0.3, -0.25) is 4.98 Å². The Labute approximate surface area is 75.6 Å². The fourth-order valence-electron chi connectivity index (χ4n) is 1.25. The molecule has 4 heteroatoms. The van der Waals surface area contributed by atoms with E-state index in [1.54, 1.807) is 13.8 Å². The molecular weight excluding hydrogens is 176 g/mol. The first-order valence-electron chi connectivity index (χ1n) is 3.86. The van der Waals surface area contributed by atoms with Crippen molar-refractivity contribution in [2.75, 3.05) is 7.11 Å². The molecule has 0 atom stereocenters. The maximum atomic E-state index is 12.5. The van der Waals surface area contributed by atoms with Gasteiger partial charge in [-0.1, -0.05) is 0 Å². The van der Waals surface area contributed by atoms with Gasteiger partial charge in [0.25, 0.3) is 6.43 Å². The summed E-state index contributed by atoms with van der Waals surface area (Å²) in [6, 6.07) is 0. The molecular formula is C9H11F2NO. The zero-order valence-corrected chi connectivity index (χ0v) is 7.77. The number of alkyl halides is 2. The third-order valence-corrected chi connectivity index (χ3v) is 1.98. The largest absolute Gasteiger partial charge is 0.495 e. The van der Waals surface area contributed by atoms with Crippen LogP contribution >= 0.6 is 0 Å². The number of hydrogen-bond acceptors (Lipinski definition) is 2. The molecule has 0 N–H and O–H groups in total.